The molecule has 2 aromatic rings. The molecule has 1 aromatic carbocycles. The first-order valence-corrected chi connectivity index (χ1v) is 7.23. The highest BCUT2D eigenvalue weighted by molar-refractivity contribution is 5.33. The highest BCUT2D eigenvalue weighted by Crippen LogP contribution is 2.16. The molecule has 1 unspecified atom stereocenters. The van der Waals surface area contributed by atoms with Gasteiger partial charge in [-0.25, -0.2) is 9.67 Å². The van der Waals surface area contributed by atoms with E-state index < -0.39 is 0 Å². The second-order valence-corrected chi connectivity index (χ2v) is 5.96. The minimum atomic E-state index is -0.0939. The molecule has 0 spiro atoms. The Morgan fingerprint density at radius 2 is 2.00 bits per heavy atom. The highest BCUT2D eigenvalue weighted by atomic mass is 16.5. The molecule has 0 aliphatic carbocycles. The van der Waals surface area contributed by atoms with Crippen molar-refractivity contribution in [2.45, 2.75) is 45.4 Å². The van der Waals surface area contributed by atoms with E-state index in [9.17, 15) is 0 Å². The number of hydrogen-bond acceptors (Lipinski definition) is 4. The van der Waals surface area contributed by atoms with Crippen LogP contribution in [0.5, 0.6) is 0 Å². The maximum atomic E-state index is 5.46. The van der Waals surface area contributed by atoms with Gasteiger partial charge in [-0.2, -0.15) is 5.10 Å². The Hall–Kier alpha value is -1.72. The molecule has 114 valence electrons. The zero-order valence-electron chi connectivity index (χ0n) is 13.2. The third-order valence-corrected chi connectivity index (χ3v) is 3.62. The van der Waals surface area contributed by atoms with Crippen LogP contribution in [0.15, 0.2) is 36.9 Å². The number of methoxy groups -OCH3 is 1. The Morgan fingerprint density at radius 3 is 2.57 bits per heavy atom. The molecule has 0 radical (unpaired) electrons. The fraction of sp³-hybridized carbons (Fsp3) is 0.500. The van der Waals surface area contributed by atoms with Crippen LogP contribution >= 0.6 is 0 Å². The van der Waals surface area contributed by atoms with E-state index >= 15 is 0 Å². The number of nitrogens with zero attached hydrogens (tertiary/aromatic N) is 3. The van der Waals surface area contributed by atoms with Gasteiger partial charge in [-0.05, 0) is 44.9 Å². The van der Waals surface area contributed by atoms with Gasteiger partial charge < -0.3 is 10.1 Å². The van der Waals surface area contributed by atoms with Crippen LogP contribution in [0.25, 0.3) is 5.69 Å². The van der Waals surface area contributed by atoms with Crippen molar-refractivity contribution in [3.63, 3.8) is 0 Å². The van der Waals surface area contributed by atoms with Gasteiger partial charge in [-0.1, -0.05) is 12.1 Å². The average molecular weight is 288 g/mol. The molecular formula is C16H24N4O. The molecule has 1 aromatic heterocycles. The summed E-state index contributed by atoms with van der Waals surface area (Å²) in [6.07, 6.45) is 4.21. The van der Waals surface area contributed by atoms with Crippen LogP contribution in [0.1, 0.15) is 32.8 Å². The van der Waals surface area contributed by atoms with E-state index in [1.807, 2.05) is 0 Å². The SMILES string of the molecule is COC(C)(C)CC(C)NCc1ccc(-n2cncn2)cc1. The number of rotatable bonds is 7. The minimum Gasteiger partial charge on any atom is -0.379 e. The molecular weight excluding hydrogens is 264 g/mol. The summed E-state index contributed by atoms with van der Waals surface area (Å²) in [5.74, 6) is 0. The van der Waals surface area contributed by atoms with Gasteiger partial charge in [-0.3, -0.25) is 0 Å². The number of aromatic nitrogens is 3. The molecule has 1 atom stereocenters. The van der Waals surface area contributed by atoms with Crippen LogP contribution in [0.4, 0.5) is 0 Å². The molecule has 0 saturated heterocycles. The fourth-order valence-corrected chi connectivity index (χ4v) is 2.29. The van der Waals surface area contributed by atoms with Crippen molar-refractivity contribution >= 4 is 0 Å². The summed E-state index contributed by atoms with van der Waals surface area (Å²) in [4.78, 5) is 3.95. The second-order valence-electron chi connectivity index (χ2n) is 5.96. The van der Waals surface area contributed by atoms with E-state index in [1.165, 1.54) is 11.9 Å². The Morgan fingerprint density at radius 1 is 1.29 bits per heavy atom. The zero-order chi connectivity index (χ0) is 15.3. The van der Waals surface area contributed by atoms with E-state index in [4.69, 9.17) is 4.74 Å². The molecule has 0 bridgehead atoms. The summed E-state index contributed by atoms with van der Waals surface area (Å²) >= 11 is 0. The smallest absolute Gasteiger partial charge is 0.138 e. The molecule has 21 heavy (non-hydrogen) atoms. The maximum Gasteiger partial charge on any atom is 0.138 e. The third-order valence-electron chi connectivity index (χ3n) is 3.62. The summed E-state index contributed by atoms with van der Waals surface area (Å²) in [5.41, 5.74) is 2.18. The van der Waals surface area contributed by atoms with Gasteiger partial charge in [0.2, 0.25) is 0 Å². The molecule has 0 aliphatic rings. The number of benzene rings is 1. The van der Waals surface area contributed by atoms with Crippen LogP contribution in [-0.2, 0) is 11.3 Å². The second kappa shape index (κ2) is 6.83. The number of hydrogen-bond donors (Lipinski definition) is 1. The van der Waals surface area contributed by atoms with Crippen molar-refractivity contribution < 1.29 is 4.74 Å². The minimum absolute atomic E-state index is 0.0939. The van der Waals surface area contributed by atoms with Gasteiger partial charge in [0.1, 0.15) is 12.7 Å². The lowest BCUT2D eigenvalue weighted by atomic mass is 10.00. The molecule has 5 heteroatoms. The lowest BCUT2D eigenvalue weighted by Crippen LogP contribution is -2.35. The van der Waals surface area contributed by atoms with Crippen molar-refractivity contribution in [3.8, 4) is 5.69 Å². The van der Waals surface area contributed by atoms with E-state index in [-0.39, 0.29) is 5.60 Å². The van der Waals surface area contributed by atoms with Crippen molar-refractivity contribution in [3.05, 3.63) is 42.5 Å². The van der Waals surface area contributed by atoms with Crippen molar-refractivity contribution in [2.24, 2.45) is 0 Å². The molecule has 0 saturated carbocycles. The van der Waals surface area contributed by atoms with Crippen LogP contribution in [0.2, 0.25) is 0 Å². The first-order valence-electron chi connectivity index (χ1n) is 7.23. The molecule has 2 rings (SSSR count). The predicted octanol–water partition coefficient (Wildman–Crippen LogP) is 2.56. The summed E-state index contributed by atoms with van der Waals surface area (Å²) in [5, 5.41) is 7.64. The largest absolute Gasteiger partial charge is 0.379 e. The Balaban J connectivity index is 1.86. The van der Waals surface area contributed by atoms with Gasteiger partial charge in [0, 0.05) is 19.7 Å². The van der Waals surface area contributed by atoms with E-state index in [2.05, 4.69) is 60.4 Å². The van der Waals surface area contributed by atoms with Crippen LogP contribution in [0, 0.1) is 0 Å². The lowest BCUT2D eigenvalue weighted by molar-refractivity contribution is 0.00844. The zero-order valence-corrected chi connectivity index (χ0v) is 13.2. The first-order chi connectivity index (χ1) is 10.00. The van der Waals surface area contributed by atoms with Crippen molar-refractivity contribution in [2.75, 3.05) is 7.11 Å². The Kier molecular flexibility index (Phi) is 5.09. The maximum absolute atomic E-state index is 5.46. The monoisotopic (exact) mass is 288 g/mol. The highest BCUT2D eigenvalue weighted by Gasteiger charge is 2.19. The third kappa shape index (κ3) is 4.65. The summed E-state index contributed by atoms with van der Waals surface area (Å²) < 4.78 is 7.21. The van der Waals surface area contributed by atoms with Crippen LogP contribution in [0.3, 0.4) is 0 Å². The number of ether oxygens (including phenoxy) is 1. The molecule has 1 heterocycles. The van der Waals surface area contributed by atoms with Gasteiger partial charge in [-0.15, -0.1) is 0 Å². The first kappa shape index (κ1) is 15.7. The summed E-state index contributed by atoms with van der Waals surface area (Å²) in [6.45, 7) is 7.25. The van der Waals surface area contributed by atoms with Crippen LogP contribution < -0.4 is 5.32 Å². The molecule has 1 N–H and O–H groups in total. The summed E-state index contributed by atoms with van der Waals surface area (Å²) in [6, 6.07) is 8.72. The molecule has 0 aliphatic heterocycles. The quantitative estimate of drug-likeness (QED) is 0.850. The Bertz CT molecular complexity index is 534. The van der Waals surface area contributed by atoms with Crippen molar-refractivity contribution in [1.29, 1.82) is 0 Å². The predicted molar refractivity (Wildman–Crippen MR) is 83.4 cm³/mol. The fourth-order valence-electron chi connectivity index (χ4n) is 2.29. The van der Waals surface area contributed by atoms with E-state index in [0.717, 1.165) is 18.7 Å². The van der Waals surface area contributed by atoms with Crippen molar-refractivity contribution in [1.82, 2.24) is 20.1 Å². The number of nitrogens with one attached hydrogen (secondary N) is 1. The molecule has 0 fully saturated rings. The standard InChI is InChI=1S/C16H24N4O/c1-13(9-16(2,3)21-4)18-10-14-5-7-15(8-6-14)20-12-17-11-19-20/h5-8,11-13,18H,9-10H2,1-4H3. The van der Waals surface area contributed by atoms with Gasteiger partial charge >= 0.3 is 0 Å². The topological polar surface area (TPSA) is 52.0 Å². The van der Waals surface area contributed by atoms with E-state index in [0.29, 0.717) is 6.04 Å². The van der Waals surface area contributed by atoms with Crippen LogP contribution in [-0.4, -0.2) is 33.5 Å². The summed E-state index contributed by atoms with van der Waals surface area (Å²) in [7, 11) is 1.76. The lowest BCUT2D eigenvalue weighted by Gasteiger charge is -2.27. The molecule has 0 amide bonds. The van der Waals surface area contributed by atoms with E-state index in [1.54, 1.807) is 18.1 Å². The Labute approximate surface area is 126 Å². The van der Waals surface area contributed by atoms with Gasteiger partial charge in [0.05, 0.1) is 11.3 Å². The van der Waals surface area contributed by atoms with Gasteiger partial charge in [0.15, 0.2) is 0 Å². The normalized spacial score (nSPS) is 13.3. The average Bonchev–Trinajstić information content (AvgIpc) is 2.99. The molecule has 5 nitrogen and oxygen atoms in total. The van der Waals surface area contributed by atoms with Gasteiger partial charge in [0.25, 0.3) is 0 Å².